The molecule has 6 nitrogen and oxygen atoms in total. The Labute approximate surface area is 137 Å². The molecule has 0 N–H and O–H groups in total. The maximum atomic E-state index is 12.8. The number of benzene rings is 1. The van der Waals surface area contributed by atoms with E-state index in [9.17, 15) is 9.59 Å². The molecule has 23 heavy (non-hydrogen) atoms. The lowest BCUT2D eigenvalue weighted by Crippen LogP contribution is -2.59. The van der Waals surface area contributed by atoms with Gasteiger partial charge in [0.15, 0.2) is 5.60 Å². The molecule has 0 radical (unpaired) electrons. The van der Waals surface area contributed by atoms with Gasteiger partial charge in [0.05, 0.1) is 20.3 Å². The molecule has 0 aromatic heterocycles. The Bertz CT molecular complexity index is 590. The van der Waals surface area contributed by atoms with Gasteiger partial charge < -0.3 is 19.3 Å². The molecule has 0 aliphatic carbocycles. The molecular weight excluding hydrogens is 296 g/mol. The van der Waals surface area contributed by atoms with Gasteiger partial charge in [0.25, 0.3) is 5.91 Å². The molecule has 1 atom stereocenters. The van der Waals surface area contributed by atoms with Crippen LogP contribution in [0.3, 0.4) is 0 Å². The van der Waals surface area contributed by atoms with E-state index in [4.69, 9.17) is 9.47 Å². The van der Waals surface area contributed by atoms with E-state index in [0.29, 0.717) is 19.7 Å². The Hall–Kier alpha value is -2.08. The number of carbonyl (C=O) groups excluding carboxylic acids is 2. The number of morpholine rings is 1. The fourth-order valence-electron chi connectivity index (χ4n) is 2.83. The summed E-state index contributed by atoms with van der Waals surface area (Å²) in [5, 5.41) is 0. The number of rotatable bonds is 4. The third kappa shape index (κ3) is 3.82. The van der Waals surface area contributed by atoms with Crippen LogP contribution in [0.1, 0.15) is 19.4 Å². The summed E-state index contributed by atoms with van der Waals surface area (Å²) in [6.07, 6.45) is 0. The first-order chi connectivity index (χ1) is 10.9. The van der Waals surface area contributed by atoms with Crippen molar-refractivity contribution >= 4 is 11.8 Å². The molecule has 0 saturated carbocycles. The summed E-state index contributed by atoms with van der Waals surface area (Å²) in [4.78, 5) is 27.7. The van der Waals surface area contributed by atoms with Crippen molar-refractivity contribution in [3.8, 4) is 5.75 Å². The fourth-order valence-corrected chi connectivity index (χ4v) is 2.83. The first-order valence-corrected chi connectivity index (χ1v) is 7.64. The van der Waals surface area contributed by atoms with Crippen LogP contribution >= 0.6 is 0 Å². The standard InChI is InChI=1S/C17H24N2O4/c1-13(20)19-9-10-23-17(2,12-19)16(21)18(3)11-14-7-5-6-8-15(14)22-4/h5-8H,9-12H2,1-4H3. The van der Waals surface area contributed by atoms with Gasteiger partial charge in [-0.1, -0.05) is 18.2 Å². The summed E-state index contributed by atoms with van der Waals surface area (Å²) < 4.78 is 11.0. The maximum Gasteiger partial charge on any atom is 0.256 e. The molecule has 2 amide bonds. The van der Waals surface area contributed by atoms with Crippen molar-refractivity contribution in [1.29, 1.82) is 0 Å². The largest absolute Gasteiger partial charge is 0.496 e. The second kappa shape index (κ2) is 7.00. The van der Waals surface area contributed by atoms with Gasteiger partial charge in [-0.15, -0.1) is 0 Å². The average molecular weight is 320 g/mol. The minimum atomic E-state index is -1.01. The third-order valence-corrected chi connectivity index (χ3v) is 4.12. The first kappa shape index (κ1) is 17.3. The van der Waals surface area contributed by atoms with Crippen molar-refractivity contribution in [2.24, 2.45) is 0 Å². The minimum Gasteiger partial charge on any atom is -0.496 e. The molecule has 1 aromatic carbocycles. The molecule has 1 aliphatic rings. The Morgan fingerprint density at radius 1 is 1.39 bits per heavy atom. The highest BCUT2D eigenvalue weighted by molar-refractivity contribution is 5.86. The SMILES string of the molecule is COc1ccccc1CN(C)C(=O)C1(C)CN(C(C)=O)CCO1. The van der Waals surface area contributed by atoms with Crippen molar-refractivity contribution in [3.63, 3.8) is 0 Å². The highest BCUT2D eigenvalue weighted by atomic mass is 16.5. The van der Waals surface area contributed by atoms with Crippen LogP contribution in [0.5, 0.6) is 5.75 Å². The number of hydrogen-bond donors (Lipinski definition) is 0. The van der Waals surface area contributed by atoms with Gasteiger partial charge >= 0.3 is 0 Å². The van der Waals surface area contributed by atoms with E-state index in [1.165, 1.54) is 6.92 Å². The number of carbonyl (C=O) groups is 2. The van der Waals surface area contributed by atoms with E-state index in [-0.39, 0.29) is 18.4 Å². The van der Waals surface area contributed by atoms with Crippen LogP contribution in [0.15, 0.2) is 24.3 Å². The highest BCUT2D eigenvalue weighted by Gasteiger charge is 2.41. The highest BCUT2D eigenvalue weighted by Crippen LogP contribution is 2.23. The molecule has 1 saturated heterocycles. The van der Waals surface area contributed by atoms with Gasteiger partial charge in [-0.05, 0) is 13.0 Å². The molecule has 1 aliphatic heterocycles. The van der Waals surface area contributed by atoms with Crippen molar-refractivity contribution in [2.75, 3.05) is 33.9 Å². The zero-order valence-corrected chi connectivity index (χ0v) is 14.2. The molecule has 126 valence electrons. The normalized spacial score (nSPS) is 21.0. The van der Waals surface area contributed by atoms with E-state index in [0.717, 1.165) is 11.3 Å². The maximum absolute atomic E-state index is 12.8. The van der Waals surface area contributed by atoms with Gasteiger partial charge in [-0.25, -0.2) is 0 Å². The summed E-state index contributed by atoms with van der Waals surface area (Å²) >= 11 is 0. The van der Waals surface area contributed by atoms with E-state index in [1.807, 2.05) is 24.3 Å². The smallest absolute Gasteiger partial charge is 0.256 e. The zero-order chi connectivity index (χ0) is 17.0. The van der Waals surface area contributed by atoms with Gasteiger partial charge in [0.2, 0.25) is 5.91 Å². The molecule has 0 bridgehead atoms. The van der Waals surface area contributed by atoms with Crippen LogP contribution in [0.25, 0.3) is 0 Å². The van der Waals surface area contributed by atoms with E-state index < -0.39 is 5.60 Å². The molecule has 1 unspecified atom stereocenters. The summed E-state index contributed by atoms with van der Waals surface area (Å²) in [6.45, 7) is 4.83. The molecular formula is C17H24N2O4. The van der Waals surface area contributed by atoms with Crippen LogP contribution in [0.2, 0.25) is 0 Å². The van der Waals surface area contributed by atoms with Gasteiger partial charge in [-0.2, -0.15) is 0 Å². The second-order valence-electron chi connectivity index (χ2n) is 5.99. The number of para-hydroxylation sites is 1. The van der Waals surface area contributed by atoms with E-state index in [1.54, 1.807) is 30.9 Å². The summed E-state index contributed by atoms with van der Waals surface area (Å²) in [5.41, 5.74) is -0.0885. The third-order valence-electron chi connectivity index (χ3n) is 4.12. The van der Waals surface area contributed by atoms with Crippen molar-refractivity contribution in [2.45, 2.75) is 26.0 Å². The average Bonchev–Trinajstić information content (AvgIpc) is 2.54. The molecule has 0 spiro atoms. The Morgan fingerprint density at radius 3 is 2.74 bits per heavy atom. The van der Waals surface area contributed by atoms with Gasteiger partial charge in [-0.3, -0.25) is 9.59 Å². The van der Waals surface area contributed by atoms with Crippen LogP contribution in [0, 0.1) is 0 Å². The molecule has 1 fully saturated rings. The van der Waals surface area contributed by atoms with Crippen molar-refractivity contribution in [3.05, 3.63) is 29.8 Å². The first-order valence-electron chi connectivity index (χ1n) is 7.64. The van der Waals surface area contributed by atoms with Gasteiger partial charge in [0.1, 0.15) is 5.75 Å². The number of methoxy groups -OCH3 is 1. The van der Waals surface area contributed by atoms with Crippen LogP contribution < -0.4 is 4.74 Å². The lowest BCUT2D eigenvalue weighted by atomic mass is 10.0. The number of nitrogens with zero attached hydrogens (tertiary/aromatic N) is 2. The predicted octanol–water partition coefficient (Wildman–Crippen LogP) is 1.29. The predicted molar refractivity (Wildman–Crippen MR) is 86.1 cm³/mol. The molecule has 2 rings (SSSR count). The van der Waals surface area contributed by atoms with E-state index in [2.05, 4.69) is 0 Å². The Balaban J connectivity index is 2.10. The number of likely N-dealkylation sites (N-methyl/N-ethyl adjacent to an activating group) is 1. The quantitative estimate of drug-likeness (QED) is 0.839. The molecule has 1 aromatic rings. The van der Waals surface area contributed by atoms with Gasteiger partial charge in [0, 0.05) is 32.6 Å². The molecule has 6 heteroatoms. The number of amides is 2. The summed E-state index contributed by atoms with van der Waals surface area (Å²) in [5.74, 6) is 0.557. The summed E-state index contributed by atoms with van der Waals surface area (Å²) in [6, 6.07) is 7.59. The van der Waals surface area contributed by atoms with Crippen LogP contribution in [-0.4, -0.2) is 61.1 Å². The number of ether oxygens (including phenoxy) is 2. The topological polar surface area (TPSA) is 59.1 Å². The zero-order valence-electron chi connectivity index (χ0n) is 14.2. The minimum absolute atomic E-state index is 0.0419. The van der Waals surface area contributed by atoms with Crippen LogP contribution in [-0.2, 0) is 20.9 Å². The van der Waals surface area contributed by atoms with Crippen molar-refractivity contribution in [1.82, 2.24) is 9.80 Å². The lowest BCUT2D eigenvalue weighted by molar-refractivity contribution is -0.170. The lowest BCUT2D eigenvalue weighted by Gasteiger charge is -2.40. The number of hydrogen-bond acceptors (Lipinski definition) is 4. The van der Waals surface area contributed by atoms with Crippen molar-refractivity contribution < 1.29 is 19.1 Å². The monoisotopic (exact) mass is 320 g/mol. The Kier molecular flexibility index (Phi) is 5.26. The fraction of sp³-hybridized carbons (Fsp3) is 0.529. The van der Waals surface area contributed by atoms with Crippen LogP contribution in [0.4, 0.5) is 0 Å². The summed E-state index contributed by atoms with van der Waals surface area (Å²) in [7, 11) is 3.34. The van der Waals surface area contributed by atoms with E-state index >= 15 is 0 Å². The molecule has 1 heterocycles. The Morgan fingerprint density at radius 2 is 2.09 bits per heavy atom. The second-order valence-corrected chi connectivity index (χ2v) is 5.99.